The molecule has 1 N–H and O–H groups in total. The van der Waals surface area contributed by atoms with E-state index in [0.29, 0.717) is 11.6 Å². The number of hydrogen-bond acceptors (Lipinski definition) is 4. The molecule has 0 radical (unpaired) electrons. The molecule has 0 aromatic heterocycles. The van der Waals surface area contributed by atoms with Gasteiger partial charge in [0, 0.05) is 51.0 Å². The largest absolute Gasteiger partial charge is 0.348 e. The number of hydrogen-bond donors (Lipinski definition) is 1. The van der Waals surface area contributed by atoms with Crippen LogP contribution in [0.15, 0.2) is 24.3 Å². The second-order valence-corrected chi connectivity index (χ2v) is 6.71. The first kappa shape index (κ1) is 18.7. The third kappa shape index (κ3) is 5.19. The summed E-state index contributed by atoms with van der Waals surface area (Å²) < 4.78 is 0. The lowest BCUT2D eigenvalue weighted by Gasteiger charge is -2.37. The van der Waals surface area contributed by atoms with Crippen molar-refractivity contribution in [1.29, 1.82) is 0 Å². The van der Waals surface area contributed by atoms with Crippen LogP contribution in [-0.2, 0) is 9.59 Å². The summed E-state index contributed by atoms with van der Waals surface area (Å²) in [5.41, 5.74) is 0.742. The molecule has 1 fully saturated rings. The second kappa shape index (κ2) is 8.46. The summed E-state index contributed by atoms with van der Waals surface area (Å²) in [6, 6.07) is 6.87. The highest BCUT2D eigenvalue weighted by Crippen LogP contribution is 2.15. The molecule has 1 heterocycles. The molecular formula is C17H25ClN4O2. The van der Waals surface area contributed by atoms with Gasteiger partial charge in [-0.15, -0.1) is 0 Å². The molecule has 1 atom stereocenters. The second-order valence-electron chi connectivity index (χ2n) is 6.27. The van der Waals surface area contributed by atoms with Crippen LogP contribution < -0.4 is 5.32 Å². The van der Waals surface area contributed by atoms with Gasteiger partial charge in [-0.1, -0.05) is 11.6 Å². The van der Waals surface area contributed by atoms with Crippen molar-refractivity contribution in [2.24, 2.45) is 0 Å². The highest BCUT2D eigenvalue weighted by atomic mass is 35.5. The number of nitrogens with one attached hydrogen (secondary N) is 1. The molecule has 0 spiro atoms. The van der Waals surface area contributed by atoms with Crippen LogP contribution in [-0.4, -0.2) is 79.4 Å². The first-order valence-electron chi connectivity index (χ1n) is 8.10. The molecule has 24 heavy (non-hydrogen) atoms. The van der Waals surface area contributed by atoms with E-state index in [2.05, 4.69) is 15.1 Å². The zero-order chi connectivity index (χ0) is 17.7. The van der Waals surface area contributed by atoms with Crippen LogP contribution in [0.1, 0.15) is 6.92 Å². The van der Waals surface area contributed by atoms with Gasteiger partial charge in [-0.3, -0.25) is 19.4 Å². The van der Waals surface area contributed by atoms with Crippen molar-refractivity contribution in [3.63, 3.8) is 0 Å². The van der Waals surface area contributed by atoms with E-state index < -0.39 is 0 Å². The highest BCUT2D eigenvalue weighted by Gasteiger charge is 2.26. The monoisotopic (exact) mass is 352 g/mol. The Kier molecular flexibility index (Phi) is 6.60. The Hall–Kier alpha value is -1.63. The fraction of sp³-hybridized carbons (Fsp3) is 0.529. The van der Waals surface area contributed by atoms with Crippen molar-refractivity contribution in [3.05, 3.63) is 29.3 Å². The molecule has 0 bridgehead atoms. The molecule has 7 heteroatoms. The average molecular weight is 353 g/mol. The van der Waals surface area contributed by atoms with Crippen LogP contribution in [0, 0.1) is 0 Å². The fourth-order valence-electron chi connectivity index (χ4n) is 2.59. The average Bonchev–Trinajstić information content (AvgIpc) is 2.56. The Morgan fingerprint density at radius 3 is 2.29 bits per heavy atom. The Labute approximate surface area is 148 Å². The molecule has 1 aromatic rings. The van der Waals surface area contributed by atoms with Crippen LogP contribution in [0.3, 0.4) is 0 Å². The molecular weight excluding hydrogens is 328 g/mol. The Bertz CT molecular complexity index is 568. The summed E-state index contributed by atoms with van der Waals surface area (Å²) in [6.45, 7) is 5.47. The van der Waals surface area contributed by atoms with Gasteiger partial charge >= 0.3 is 0 Å². The van der Waals surface area contributed by atoms with Gasteiger partial charge in [0.25, 0.3) is 0 Å². The number of carbonyl (C=O) groups is 2. The van der Waals surface area contributed by atoms with E-state index in [1.165, 1.54) is 0 Å². The zero-order valence-electron chi connectivity index (χ0n) is 14.5. The lowest BCUT2D eigenvalue weighted by Crippen LogP contribution is -2.54. The van der Waals surface area contributed by atoms with Crippen LogP contribution in [0.25, 0.3) is 0 Å². The molecule has 1 aliphatic heterocycles. The molecule has 1 saturated heterocycles. The maximum absolute atomic E-state index is 12.4. The maximum atomic E-state index is 12.4. The van der Waals surface area contributed by atoms with E-state index in [0.717, 1.165) is 31.9 Å². The molecule has 1 aliphatic rings. The topological polar surface area (TPSA) is 55.9 Å². The molecule has 0 unspecified atom stereocenters. The lowest BCUT2D eigenvalue weighted by atomic mass is 10.2. The van der Waals surface area contributed by atoms with Crippen molar-refractivity contribution in [3.8, 4) is 0 Å². The smallest absolute Gasteiger partial charge is 0.241 e. The van der Waals surface area contributed by atoms with E-state index in [1.807, 2.05) is 6.92 Å². The van der Waals surface area contributed by atoms with E-state index in [1.54, 1.807) is 43.3 Å². The summed E-state index contributed by atoms with van der Waals surface area (Å²) >= 11 is 5.85. The normalized spacial score (nSPS) is 17.3. The van der Waals surface area contributed by atoms with Gasteiger partial charge in [-0.05, 0) is 31.2 Å². The van der Waals surface area contributed by atoms with Crippen molar-refractivity contribution in [2.45, 2.75) is 13.0 Å². The number of carbonyl (C=O) groups excluding carboxylic acids is 2. The number of rotatable bonds is 5. The summed E-state index contributed by atoms with van der Waals surface area (Å²) in [5, 5.41) is 3.55. The SMILES string of the molecule is C[C@@H](C(=O)Nc1ccc(Cl)cc1)N1CCN(CC(=O)N(C)C)CC1. The summed E-state index contributed by atoms with van der Waals surface area (Å²) in [5.74, 6) is 0.0760. The third-order valence-corrected chi connectivity index (χ3v) is 4.56. The molecule has 1 aromatic carbocycles. The minimum absolute atomic E-state index is 0.0323. The van der Waals surface area contributed by atoms with Crippen molar-refractivity contribution in [1.82, 2.24) is 14.7 Å². The molecule has 6 nitrogen and oxygen atoms in total. The third-order valence-electron chi connectivity index (χ3n) is 4.30. The van der Waals surface area contributed by atoms with Crippen LogP contribution in [0.4, 0.5) is 5.69 Å². The van der Waals surface area contributed by atoms with Crippen molar-refractivity contribution >= 4 is 29.1 Å². The Balaban J connectivity index is 1.81. The predicted molar refractivity (Wildman–Crippen MR) is 96.3 cm³/mol. The van der Waals surface area contributed by atoms with Crippen molar-refractivity contribution in [2.75, 3.05) is 52.1 Å². The minimum atomic E-state index is -0.215. The van der Waals surface area contributed by atoms with Gasteiger partial charge in [0.15, 0.2) is 0 Å². The number of amides is 2. The molecule has 0 aliphatic carbocycles. The van der Waals surface area contributed by atoms with Crippen molar-refractivity contribution < 1.29 is 9.59 Å². The predicted octanol–water partition coefficient (Wildman–Crippen LogP) is 1.37. The van der Waals surface area contributed by atoms with Crippen LogP contribution in [0.5, 0.6) is 0 Å². The zero-order valence-corrected chi connectivity index (χ0v) is 15.2. The number of halogens is 1. The van der Waals surface area contributed by atoms with Gasteiger partial charge < -0.3 is 10.2 Å². The number of likely N-dealkylation sites (N-methyl/N-ethyl adjacent to an activating group) is 1. The Morgan fingerprint density at radius 1 is 1.17 bits per heavy atom. The van der Waals surface area contributed by atoms with Crippen LogP contribution >= 0.6 is 11.6 Å². The molecule has 132 valence electrons. The standard InChI is InChI=1S/C17H25ClN4O2/c1-13(17(24)19-15-6-4-14(18)5-7-15)22-10-8-21(9-11-22)12-16(23)20(2)3/h4-7,13H,8-12H2,1-3H3,(H,19,24)/t13-/m0/s1. The summed E-state index contributed by atoms with van der Waals surface area (Å²) in [6.07, 6.45) is 0. The summed E-state index contributed by atoms with van der Waals surface area (Å²) in [7, 11) is 3.53. The lowest BCUT2D eigenvalue weighted by molar-refractivity contribution is -0.131. The maximum Gasteiger partial charge on any atom is 0.241 e. The number of benzene rings is 1. The van der Waals surface area contributed by atoms with E-state index >= 15 is 0 Å². The number of nitrogens with zero attached hydrogens (tertiary/aromatic N) is 3. The van der Waals surface area contributed by atoms with E-state index in [4.69, 9.17) is 11.6 Å². The molecule has 0 saturated carbocycles. The number of piperazine rings is 1. The number of anilines is 1. The van der Waals surface area contributed by atoms with Gasteiger partial charge in [0.1, 0.15) is 0 Å². The van der Waals surface area contributed by atoms with Gasteiger partial charge in [0.2, 0.25) is 11.8 Å². The molecule has 2 rings (SSSR count). The highest BCUT2D eigenvalue weighted by molar-refractivity contribution is 6.30. The Morgan fingerprint density at radius 2 is 1.75 bits per heavy atom. The minimum Gasteiger partial charge on any atom is -0.348 e. The van der Waals surface area contributed by atoms with Gasteiger partial charge in [-0.25, -0.2) is 0 Å². The van der Waals surface area contributed by atoms with E-state index in [9.17, 15) is 9.59 Å². The fourth-order valence-corrected chi connectivity index (χ4v) is 2.71. The van der Waals surface area contributed by atoms with Gasteiger partial charge in [0.05, 0.1) is 12.6 Å². The summed E-state index contributed by atoms with van der Waals surface area (Å²) in [4.78, 5) is 30.0. The first-order chi connectivity index (χ1) is 11.4. The quantitative estimate of drug-likeness (QED) is 0.869. The van der Waals surface area contributed by atoms with Gasteiger partial charge in [-0.2, -0.15) is 0 Å². The van der Waals surface area contributed by atoms with Crippen LogP contribution in [0.2, 0.25) is 5.02 Å². The first-order valence-corrected chi connectivity index (χ1v) is 8.47. The molecule has 2 amide bonds. The van der Waals surface area contributed by atoms with E-state index in [-0.39, 0.29) is 17.9 Å².